The molecule has 1 aromatic heterocycles. The first-order valence-electron chi connectivity index (χ1n) is 8.97. The topological polar surface area (TPSA) is 97.1 Å². The van der Waals surface area contributed by atoms with E-state index in [4.69, 9.17) is 11.6 Å². The van der Waals surface area contributed by atoms with Crippen molar-refractivity contribution >= 4 is 23.5 Å². The minimum atomic E-state index is -0.972. The molecule has 1 aliphatic carbocycles. The number of nitrogens with one attached hydrogen (secondary N) is 1. The van der Waals surface area contributed by atoms with E-state index in [-0.39, 0.29) is 24.1 Å². The molecule has 1 aliphatic rings. The minimum absolute atomic E-state index is 0.0223. The number of carbonyl (C=O) groups is 2. The summed E-state index contributed by atoms with van der Waals surface area (Å²) in [6, 6.07) is 7.26. The van der Waals surface area contributed by atoms with Gasteiger partial charge in [-0.3, -0.25) is 9.59 Å². The molecule has 3 rings (SSSR count). The Labute approximate surface area is 162 Å². The van der Waals surface area contributed by atoms with Gasteiger partial charge in [-0.05, 0) is 37.8 Å². The van der Waals surface area contributed by atoms with Crippen molar-refractivity contribution < 1.29 is 14.7 Å². The first kappa shape index (κ1) is 19.4. The summed E-state index contributed by atoms with van der Waals surface area (Å²) in [6.07, 6.45) is 1.80. The van der Waals surface area contributed by atoms with Gasteiger partial charge in [-0.1, -0.05) is 37.6 Å². The third-order valence-electron chi connectivity index (χ3n) is 5.05. The van der Waals surface area contributed by atoms with Gasteiger partial charge in [0.15, 0.2) is 0 Å². The van der Waals surface area contributed by atoms with E-state index in [2.05, 4.69) is 15.4 Å². The standard InChI is InChI=1S/C19H23ClN4O3/c1-11(2)19(3,10-15(25)26)22-18(27)16-21-17(12-8-9-12)24(23-16)14-7-5-4-6-13(14)20/h4-7,11-12H,8-10H2,1-3H3,(H,22,27)(H,25,26). The van der Waals surface area contributed by atoms with Crippen LogP contribution >= 0.6 is 11.6 Å². The number of nitrogens with zero attached hydrogens (tertiary/aromatic N) is 3. The molecule has 1 amide bonds. The summed E-state index contributed by atoms with van der Waals surface area (Å²) in [6.45, 7) is 5.46. The van der Waals surface area contributed by atoms with E-state index in [1.807, 2.05) is 32.0 Å². The molecule has 1 fully saturated rings. The predicted octanol–water partition coefficient (Wildman–Crippen LogP) is 3.42. The molecule has 144 valence electrons. The Hall–Kier alpha value is -2.41. The van der Waals surface area contributed by atoms with Crippen molar-refractivity contribution in [2.24, 2.45) is 5.92 Å². The molecule has 0 radical (unpaired) electrons. The fraction of sp³-hybridized carbons (Fsp3) is 0.474. The van der Waals surface area contributed by atoms with Crippen LogP contribution in [-0.4, -0.2) is 37.3 Å². The third-order valence-corrected chi connectivity index (χ3v) is 5.37. The molecule has 2 N–H and O–H groups in total. The molecule has 0 spiro atoms. The lowest BCUT2D eigenvalue weighted by atomic mass is 9.85. The third kappa shape index (κ3) is 4.13. The number of halogens is 1. The Kier molecular flexibility index (Phi) is 5.24. The van der Waals surface area contributed by atoms with Gasteiger partial charge >= 0.3 is 5.97 Å². The van der Waals surface area contributed by atoms with E-state index in [1.54, 1.807) is 17.7 Å². The smallest absolute Gasteiger partial charge is 0.305 e. The molecule has 2 aromatic rings. The molecule has 0 bridgehead atoms. The molecule has 1 aromatic carbocycles. The molecular formula is C19H23ClN4O3. The number of hydrogen-bond acceptors (Lipinski definition) is 4. The second-order valence-corrected chi connectivity index (χ2v) is 7.94. The lowest BCUT2D eigenvalue weighted by Gasteiger charge is -2.32. The number of rotatable bonds is 7. The zero-order chi connectivity index (χ0) is 19.8. The van der Waals surface area contributed by atoms with E-state index < -0.39 is 17.4 Å². The summed E-state index contributed by atoms with van der Waals surface area (Å²) in [7, 11) is 0. The van der Waals surface area contributed by atoms with Gasteiger partial charge in [0.2, 0.25) is 5.82 Å². The number of carboxylic acids is 1. The second-order valence-electron chi connectivity index (χ2n) is 7.53. The summed E-state index contributed by atoms with van der Waals surface area (Å²) in [5, 5.41) is 16.9. The van der Waals surface area contributed by atoms with Crippen LogP contribution in [-0.2, 0) is 4.79 Å². The zero-order valence-electron chi connectivity index (χ0n) is 15.6. The summed E-state index contributed by atoms with van der Waals surface area (Å²) in [4.78, 5) is 28.5. The molecule has 0 saturated heterocycles. The van der Waals surface area contributed by atoms with E-state index in [0.29, 0.717) is 16.5 Å². The summed E-state index contributed by atoms with van der Waals surface area (Å²) < 4.78 is 1.62. The maximum absolute atomic E-state index is 12.8. The molecule has 1 atom stereocenters. The fourth-order valence-electron chi connectivity index (χ4n) is 2.85. The molecule has 0 aliphatic heterocycles. The van der Waals surface area contributed by atoms with Gasteiger partial charge in [-0.15, -0.1) is 5.10 Å². The first-order chi connectivity index (χ1) is 12.7. The van der Waals surface area contributed by atoms with Gasteiger partial charge in [-0.2, -0.15) is 0 Å². The average Bonchev–Trinajstić information content (AvgIpc) is 3.33. The number of carboxylic acid groups (broad SMARTS) is 1. The van der Waals surface area contributed by atoms with Crippen molar-refractivity contribution in [3.8, 4) is 5.69 Å². The quantitative estimate of drug-likeness (QED) is 0.754. The maximum atomic E-state index is 12.8. The number of amides is 1. The van der Waals surface area contributed by atoms with Crippen LogP contribution in [0.2, 0.25) is 5.02 Å². The van der Waals surface area contributed by atoms with Crippen molar-refractivity contribution in [2.45, 2.75) is 51.5 Å². The van der Waals surface area contributed by atoms with Crippen LogP contribution in [0.3, 0.4) is 0 Å². The van der Waals surface area contributed by atoms with Crippen molar-refractivity contribution in [3.05, 3.63) is 40.9 Å². The Bertz CT molecular complexity index is 876. The fourth-order valence-corrected chi connectivity index (χ4v) is 3.06. The first-order valence-corrected chi connectivity index (χ1v) is 9.35. The van der Waals surface area contributed by atoms with Crippen LogP contribution in [0.4, 0.5) is 0 Å². The highest BCUT2D eigenvalue weighted by Gasteiger charge is 2.36. The van der Waals surface area contributed by atoms with Gasteiger partial charge < -0.3 is 10.4 Å². The number of para-hydroxylation sites is 1. The van der Waals surface area contributed by atoms with E-state index >= 15 is 0 Å². The molecule has 7 nitrogen and oxygen atoms in total. The lowest BCUT2D eigenvalue weighted by molar-refractivity contribution is -0.138. The molecule has 27 heavy (non-hydrogen) atoms. The van der Waals surface area contributed by atoms with Gasteiger partial charge in [-0.25, -0.2) is 9.67 Å². The highest BCUT2D eigenvalue weighted by molar-refractivity contribution is 6.32. The average molecular weight is 391 g/mol. The van der Waals surface area contributed by atoms with Gasteiger partial charge in [0.05, 0.1) is 22.7 Å². The largest absolute Gasteiger partial charge is 0.481 e. The Morgan fingerprint density at radius 2 is 2.04 bits per heavy atom. The molecular weight excluding hydrogens is 368 g/mol. The normalized spacial score (nSPS) is 16.2. The van der Waals surface area contributed by atoms with Gasteiger partial charge in [0.25, 0.3) is 5.91 Å². The maximum Gasteiger partial charge on any atom is 0.305 e. The Morgan fingerprint density at radius 3 is 2.59 bits per heavy atom. The van der Waals surface area contributed by atoms with Crippen LogP contribution in [0.25, 0.3) is 5.69 Å². The number of carbonyl (C=O) groups excluding carboxylic acids is 1. The SMILES string of the molecule is CC(C)C(C)(CC(=O)O)NC(=O)c1nc(C2CC2)n(-c2ccccc2Cl)n1. The zero-order valence-corrected chi connectivity index (χ0v) is 16.3. The highest BCUT2D eigenvalue weighted by atomic mass is 35.5. The predicted molar refractivity (Wildman–Crippen MR) is 101 cm³/mol. The Morgan fingerprint density at radius 1 is 1.37 bits per heavy atom. The van der Waals surface area contributed by atoms with E-state index in [9.17, 15) is 14.7 Å². The van der Waals surface area contributed by atoms with Crippen LogP contribution in [0.15, 0.2) is 24.3 Å². The molecule has 8 heteroatoms. The van der Waals surface area contributed by atoms with Crippen molar-refractivity contribution in [2.75, 3.05) is 0 Å². The minimum Gasteiger partial charge on any atom is -0.481 e. The molecule has 1 unspecified atom stereocenters. The Balaban J connectivity index is 1.93. The van der Waals surface area contributed by atoms with Crippen LogP contribution in [0.5, 0.6) is 0 Å². The number of aromatic nitrogens is 3. The van der Waals surface area contributed by atoms with Crippen LogP contribution < -0.4 is 5.32 Å². The highest BCUT2D eigenvalue weighted by Crippen LogP contribution is 2.40. The number of aliphatic carboxylic acids is 1. The molecule has 1 heterocycles. The van der Waals surface area contributed by atoms with Crippen LogP contribution in [0, 0.1) is 5.92 Å². The summed E-state index contributed by atoms with van der Waals surface area (Å²) in [5.74, 6) is -0.552. The van der Waals surface area contributed by atoms with Crippen molar-refractivity contribution in [1.29, 1.82) is 0 Å². The van der Waals surface area contributed by atoms with E-state index in [0.717, 1.165) is 12.8 Å². The number of hydrogen-bond donors (Lipinski definition) is 2. The second kappa shape index (κ2) is 7.31. The lowest BCUT2D eigenvalue weighted by Crippen LogP contribution is -2.51. The summed E-state index contributed by atoms with van der Waals surface area (Å²) in [5.41, 5.74) is -0.233. The van der Waals surface area contributed by atoms with Gasteiger partial charge in [0, 0.05) is 5.92 Å². The van der Waals surface area contributed by atoms with Gasteiger partial charge in [0.1, 0.15) is 5.82 Å². The van der Waals surface area contributed by atoms with E-state index in [1.165, 1.54) is 0 Å². The van der Waals surface area contributed by atoms with Crippen LogP contribution in [0.1, 0.15) is 62.4 Å². The molecule has 1 saturated carbocycles. The van der Waals surface area contributed by atoms with Crippen molar-refractivity contribution in [1.82, 2.24) is 20.1 Å². The number of benzene rings is 1. The summed E-state index contributed by atoms with van der Waals surface area (Å²) >= 11 is 6.30. The monoisotopic (exact) mass is 390 g/mol. The van der Waals surface area contributed by atoms with Crippen molar-refractivity contribution in [3.63, 3.8) is 0 Å².